The van der Waals surface area contributed by atoms with Gasteiger partial charge in [0, 0.05) is 10.7 Å². The Morgan fingerprint density at radius 1 is 0.960 bits per heavy atom. The molecular formula is C18H14ClNO3S2. The minimum atomic E-state index is -3.67. The van der Waals surface area contributed by atoms with Gasteiger partial charge in [0.2, 0.25) is 9.84 Å². The maximum Gasteiger partial charge on any atom is 0.265 e. The van der Waals surface area contributed by atoms with E-state index < -0.39 is 9.84 Å². The quantitative estimate of drug-likeness (QED) is 0.695. The van der Waals surface area contributed by atoms with Crippen LogP contribution in [0.1, 0.15) is 15.2 Å². The van der Waals surface area contributed by atoms with Crippen molar-refractivity contribution in [1.82, 2.24) is 0 Å². The maximum absolute atomic E-state index is 12.6. The summed E-state index contributed by atoms with van der Waals surface area (Å²) in [7, 11) is -3.67. The van der Waals surface area contributed by atoms with Gasteiger partial charge in [-0.05, 0) is 55.5 Å². The Hall–Kier alpha value is -2.15. The number of anilines is 1. The zero-order valence-electron chi connectivity index (χ0n) is 13.2. The largest absolute Gasteiger partial charge is 0.321 e. The van der Waals surface area contributed by atoms with Crippen molar-refractivity contribution in [3.05, 3.63) is 76.1 Å². The second-order valence-electron chi connectivity index (χ2n) is 5.40. The molecule has 0 aliphatic heterocycles. The van der Waals surface area contributed by atoms with E-state index in [1.807, 2.05) is 19.1 Å². The van der Waals surface area contributed by atoms with Crippen molar-refractivity contribution in [2.24, 2.45) is 0 Å². The zero-order valence-corrected chi connectivity index (χ0v) is 15.6. The standard InChI is InChI=1S/C18H14ClNO3S2/c1-12-2-6-14(7-3-12)20-18(21)16-10-11-17(24-16)25(22,23)15-8-4-13(19)5-9-15/h2-11H,1H3,(H,20,21). The van der Waals surface area contributed by atoms with Crippen LogP contribution in [-0.4, -0.2) is 14.3 Å². The van der Waals surface area contributed by atoms with Crippen LogP contribution in [0.3, 0.4) is 0 Å². The van der Waals surface area contributed by atoms with E-state index in [2.05, 4.69) is 5.32 Å². The second-order valence-corrected chi connectivity index (χ2v) is 9.09. The van der Waals surface area contributed by atoms with Gasteiger partial charge in [-0.25, -0.2) is 8.42 Å². The third-order valence-corrected chi connectivity index (χ3v) is 7.10. The van der Waals surface area contributed by atoms with Crippen molar-refractivity contribution < 1.29 is 13.2 Å². The molecule has 0 unspecified atom stereocenters. The summed E-state index contributed by atoms with van der Waals surface area (Å²) in [6, 6.07) is 16.3. The van der Waals surface area contributed by atoms with Crippen molar-refractivity contribution in [1.29, 1.82) is 0 Å². The summed E-state index contributed by atoms with van der Waals surface area (Å²) < 4.78 is 25.3. The highest BCUT2D eigenvalue weighted by molar-refractivity contribution is 7.93. The molecule has 3 aromatic rings. The van der Waals surface area contributed by atoms with E-state index in [0.29, 0.717) is 15.6 Å². The number of hydrogen-bond acceptors (Lipinski definition) is 4. The molecule has 25 heavy (non-hydrogen) atoms. The molecular weight excluding hydrogens is 378 g/mol. The summed E-state index contributed by atoms with van der Waals surface area (Å²) in [6.45, 7) is 1.96. The fourth-order valence-corrected chi connectivity index (χ4v) is 4.88. The van der Waals surface area contributed by atoms with E-state index in [1.165, 1.54) is 36.4 Å². The van der Waals surface area contributed by atoms with E-state index >= 15 is 0 Å². The van der Waals surface area contributed by atoms with Gasteiger partial charge in [-0.2, -0.15) is 0 Å². The molecule has 0 atom stereocenters. The lowest BCUT2D eigenvalue weighted by atomic mass is 10.2. The third-order valence-electron chi connectivity index (χ3n) is 3.50. The smallest absolute Gasteiger partial charge is 0.265 e. The van der Waals surface area contributed by atoms with E-state index in [4.69, 9.17) is 11.6 Å². The van der Waals surface area contributed by atoms with Crippen LogP contribution in [-0.2, 0) is 9.84 Å². The maximum atomic E-state index is 12.6. The van der Waals surface area contributed by atoms with E-state index in [-0.39, 0.29) is 15.0 Å². The minimum Gasteiger partial charge on any atom is -0.321 e. The lowest BCUT2D eigenvalue weighted by molar-refractivity contribution is 0.103. The Balaban J connectivity index is 1.82. The van der Waals surface area contributed by atoms with E-state index in [1.54, 1.807) is 12.1 Å². The van der Waals surface area contributed by atoms with Crippen LogP contribution in [0.2, 0.25) is 5.02 Å². The lowest BCUT2D eigenvalue weighted by Gasteiger charge is -2.04. The zero-order chi connectivity index (χ0) is 18.0. The Morgan fingerprint density at radius 2 is 1.60 bits per heavy atom. The molecule has 1 heterocycles. The van der Waals surface area contributed by atoms with Crippen LogP contribution in [0.4, 0.5) is 5.69 Å². The molecule has 3 rings (SSSR count). The summed E-state index contributed by atoms with van der Waals surface area (Å²) in [6.07, 6.45) is 0. The van der Waals surface area contributed by atoms with Gasteiger partial charge >= 0.3 is 0 Å². The number of amides is 1. The van der Waals surface area contributed by atoms with Gasteiger partial charge in [-0.3, -0.25) is 4.79 Å². The molecule has 0 saturated carbocycles. The Morgan fingerprint density at radius 3 is 2.24 bits per heavy atom. The lowest BCUT2D eigenvalue weighted by Crippen LogP contribution is -2.09. The number of carbonyl (C=O) groups is 1. The molecule has 7 heteroatoms. The molecule has 128 valence electrons. The molecule has 1 N–H and O–H groups in total. The Labute approximate surface area is 155 Å². The SMILES string of the molecule is Cc1ccc(NC(=O)c2ccc(S(=O)(=O)c3ccc(Cl)cc3)s2)cc1. The van der Waals surface area contributed by atoms with Crippen molar-refractivity contribution in [2.45, 2.75) is 16.0 Å². The number of aryl methyl sites for hydroxylation is 1. The fourth-order valence-electron chi connectivity index (χ4n) is 2.15. The monoisotopic (exact) mass is 391 g/mol. The molecule has 4 nitrogen and oxygen atoms in total. The van der Waals surface area contributed by atoms with Gasteiger partial charge in [0.15, 0.2) is 0 Å². The van der Waals surface area contributed by atoms with Gasteiger partial charge in [-0.1, -0.05) is 29.3 Å². The molecule has 0 aliphatic rings. The van der Waals surface area contributed by atoms with E-state index in [9.17, 15) is 13.2 Å². The number of sulfone groups is 1. The van der Waals surface area contributed by atoms with Crippen LogP contribution in [0.15, 0.2) is 69.8 Å². The number of hydrogen-bond donors (Lipinski definition) is 1. The van der Waals surface area contributed by atoms with Gasteiger partial charge in [0.25, 0.3) is 5.91 Å². The van der Waals surface area contributed by atoms with Gasteiger partial charge in [-0.15, -0.1) is 11.3 Å². The topological polar surface area (TPSA) is 63.2 Å². The molecule has 1 aromatic heterocycles. The normalized spacial score (nSPS) is 11.3. The fraction of sp³-hybridized carbons (Fsp3) is 0.0556. The van der Waals surface area contributed by atoms with Crippen molar-refractivity contribution in [3.8, 4) is 0 Å². The van der Waals surface area contributed by atoms with Crippen LogP contribution < -0.4 is 5.32 Å². The first-order valence-corrected chi connectivity index (χ1v) is 10.0. The number of thiophene rings is 1. The van der Waals surface area contributed by atoms with Crippen molar-refractivity contribution >= 4 is 44.4 Å². The number of carbonyl (C=O) groups excluding carboxylic acids is 1. The van der Waals surface area contributed by atoms with Crippen molar-refractivity contribution in [2.75, 3.05) is 5.32 Å². The van der Waals surface area contributed by atoms with Crippen LogP contribution in [0.25, 0.3) is 0 Å². The van der Waals surface area contributed by atoms with Gasteiger partial charge in [0.05, 0.1) is 9.77 Å². The Bertz CT molecular complexity index is 1010. The predicted molar refractivity (Wildman–Crippen MR) is 100 cm³/mol. The number of rotatable bonds is 4. The second kappa shape index (κ2) is 7.00. The van der Waals surface area contributed by atoms with Crippen LogP contribution >= 0.6 is 22.9 Å². The molecule has 0 fully saturated rings. The highest BCUT2D eigenvalue weighted by Gasteiger charge is 2.21. The van der Waals surface area contributed by atoms with Crippen LogP contribution in [0.5, 0.6) is 0 Å². The average Bonchev–Trinajstić information content (AvgIpc) is 3.08. The summed E-state index contributed by atoms with van der Waals surface area (Å²) in [4.78, 5) is 12.8. The number of benzene rings is 2. The number of nitrogens with one attached hydrogen (secondary N) is 1. The third kappa shape index (κ3) is 3.92. The summed E-state index contributed by atoms with van der Waals surface area (Å²) in [5.41, 5.74) is 1.75. The molecule has 1 amide bonds. The molecule has 0 spiro atoms. The average molecular weight is 392 g/mol. The molecule has 2 aromatic carbocycles. The number of halogens is 1. The Kier molecular flexibility index (Phi) is 4.94. The van der Waals surface area contributed by atoms with Gasteiger partial charge in [0.1, 0.15) is 4.21 Å². The molecule has 0 radical (unpaired) electrons. The molecule has 0 bridgehead atoms. The van der Waals surface area contributed by atoms with E-state index in [0.717, 1.165) is 16.9 Å². The van der Waals surface area contributed by atoms with Crippen molar-refractivity contribution in [3.63, 3.8) is 0 Å². The minimum absolute atomic E-state index is 0.115. The predicted octanol–water partition coefficient (Wildman–Crippen LogP) is 4.80. The van der Waals surface area contributed by atoms with Crippen LogP contribution in [0, 0.1) is 6.92 Å². The summed E-state index contributed by atoms with van der Waals surface area (Å²) in [5, 5.41) is 3.22. The van der Waals surface area contributed by atoms with Gasteiger partial charge < -0.3 is 5.32 Å². The molecule has 0 aliphatic carbocycles. The summed E-state index contributed by atoms with van der Waals surface area (Å²) >= 11 is 6.73. The first-order chi connectivity index (χ1) is 11.9. The first kappa shape index (κ1) is 17.7. The first-order valence-electron chi connectivity index (χ1n) is 7.35. The summed E-state index contributed by atoms with van der Waals surface area (Å²) in [5.74, 6) is -0.341. The molecule has 0 saturated heterocycles. The highest BCUT2D eigenvalue weighted by Crippen LogP contribution is 2.29. The highest BCUT2D eigenvalue weighted by atomic mass is 35.5.